The molecule has 0 spiro atoms. The zero-order chi connectivity index (χ0) is 15.5. The van der Waals surface area contributed by atoms with Gasteiger partial charge in [-0.15, -0.1) is 11.3 Å². The minimum Gasteiger partial charge on any atom is -0.489 e. The van der Waals surface area contributed by atoms with Crippen molar-refractivity contribution in [3.05, 3.63) is 51.2 Å². The molecule has 0 atom stereocenters. The van der Waals surface area contributed by atoms with E-state index in [4.69, 9.17) is 4.74 Å². The summed E-state index contributed by atoms with van der Waals surface area (Å²) in [5, 5.41) is 3.53. The maximum Gasteiger partial charge on any atom is 0.120 e. The minimum atomic E-state index is 0.149. The lowest BCUT2D eigenvalue weighted by Gasteiger charge is -2.19. The summed E-state index contributed by atoms with van der Waals surface area (Å²) in [4.78, 5) is 2.71. The van der Waals surface area contributed by atoms with Gasteiger partial charge in [-0.05, 0) is 58.4 Å². The predicted octanol–water partition coefficient (Wildman–Crippen LogP) is 4.83. The second-order valence-electron chi connectivity index (χ2n) is 6.50. The molecule has 1 heterocycles. The van der Waals surface area contributed by atoms with Crippen molar-refractivity contribution in [1.82, 2.24) is 5.32 Å². The molecule has 2 rings (SSSR count). The van der Waals surface area contributed by atoms with Gasteiger partial charge < -0.3 is 10.1 Å². The fourth-order valence-electron chi connectivity index (χ4n) is 2.04. The molecular weight excluding hydrogens is 278 g/mol. The van der Waals surface area contributed by atoms with Crippen molar-refractivity contribution in [2.75, 3.05) is 0 Å². The number of hydrogen-bond acceptors (Lipinski definition) is 3. The number of thiophene rings is 1. The fourth-order valence-corrected chi connectivity index (χ4v) is 3.02. The summed E-state index contributed by atoms with van der Waals surface area (Å²) in [6, 6.07) is 10.5. The van der Waals surface area contributed by atoms with Crippen LogP contribution in [0, 0.1) is 13.8 Å². The van der Waals surface area contributed by atoms with Gasteiger partial charge in [0, 0.05) is 27.4 Å². The maximum atomic E-state index is 5.90. The van der Waals surface area contributed by atoms with E-state index in [0.717, 1.165) is 12.3 Å². The molecule has 0 amide bonds. The van der Waals surface area contributed by atoms with E-state index in [2.05, 4.69) is 58.1 Å². The molecule has 1 N–H and O–H groups in total. The first-order valence-corrected chi connectivity index (χ1v) is 8.18. The Kier molecular flexibility index (Phi) is 5.07. The van der Waals surface area contributed by atoms with Gasteiger partial charge in [0.25, 0.3) is 0 Å². The Hall–Kier alpha value is -1.32. The number of rotatable bonds is 5. The van der Waals surface area contributed by atoms with Gasteiger partial charge in [-0.1, -0.05) is 12.1 Å². The van der Waals surface area contributed by atoms with Gasteiger partial charge in [0.15, 0.2) is 0 Å². The van der Waals surface area contributed by atoms with Gasteiger partial charge in [-0.3, -0.25) is 0 Å². The van der Waals surface area contributed by atoms with E-state index in [1.807, 2.05) is 23.5 Å². The number of ether oxygens (including phenoxy) is 1. The van der Waals surface area contributed by atoms with Gasteiger partial charge >= 0.3 is 0 Å². The third-order valence-corrected chi connectivity index (χ3v) is 4.34. The fraction of sp³-hybridized carbons (Fsp3) is 0.444. The molecule has 0 aliphatic rings. The van der Waals surface area contributed by atoms with Crippen LogP contribution in [0.3, 0.4) is 0 Å². The lowest BCUT2D eigenvalue weighted by Crippen LogP contribution is -2.34. The molecule has 1 aromatic carbocycles. The lowest BCUT2D eigenvalue weighted by atomic mass is 10.1. The van der Waals surface area contributed by atoms with Crippen LogP contribution in [0.1, 0.15) is 41.7 Å². The average molecular weight is 303 g/mol. The summed E-state index contributed by atoms with van der Waals surface area (Å²) >= 11 is 1.85. The van der Waals surface area contributed by atoms with E-state index in [-0.39, 0.29) is 5.54 Å². The molecule has 0 bridgehead atoms. The number of hydrogen-bond donors (Lipinski definition) is 1. The van der Waals surface area contributed by atoms with Gasteiger partial charge in [0.05, 0.1) is 0 Å². The third-order valence-electron chi connectivity index (χ3n) is 3.25. The van der Waals surface area contributed by atoms with Crippen LogP contribution in [0.2, 0.25) is 0 Å². The topological polar surface area (TPSA) is 21.3 Å². The molecule has 0 saturated heterocycles. The summed E-state index contributed by atoms with van der Waals surface area (Å²) in [5.74, 6) is 0.940. The molecule has 0 aliphatic carbocycles. The molecule has 1 aromatic heterocycles. The van der Waals surface area contributed by atoms with Crippen LogP contribution < -0.4 is 10.1 Å². The van der Waals surface area contributed by atoms with Crippen LogP contribution in [0.15, 0.2) is 30.3 Å². The Morgan fingerprint density at radius 3 is 2.57 bits per heavy atom. The predicted molar refractivity (Wildman–Crippen MR) is 91.2 cm³/mol. The Bertz CT molecular complexity index is 596. The molecule has 0 aliphatic heterocycles. The van der Waals surface area contributed by atoms with Crippen molar-refractivity contribution < 1.29 is 4.74 Å². The monoisotopic (exact) mass is 303 g/mol. The first-order valence-electron chi connectivity index (χ1n) is 7.36. The summed E-state index contributed by atoms with van der Waals surface area (Å²) in [7, 11) is 0. The molecule has 21 heavy (non-hydrogen) atoms. The molecular formula is C18H25NOS. The van der Waals surface area contributed by atoms with E-state index in [9.17, 15) is 0 Å². The Labute approximate surface area is 132 Å². The van der Waals surface area contributed by atoms with Crippen LogP contribution >= 0.6 is 11.3 Å². The molecule has 2 aromatic rings. The summed E-state index contributed by atoms with van der Waals surface area (Å²) in [5.41, 5.74) is 2.66. The summed E-state index contributed by atoms with van der Waals surface area (Å²) in [6.07, 6.45) is 0. The maximum absolute atomic E-state index is 5.90. The van der Waals surface area contributed by atoms with Gasteiger partial charge in [-0.2, -0.15) is 0 Å². The Morgan fingerprint density at radius 1 is 1.14 bits per heavy atom. The second-order valence-corrected chi connectivity index (χ2v) is 7.84. The van der Waals surface area contributed by atoms with E-state index < -0.39 is 0 Å². The highest BCUT2D eigenvalue weighted by Gasteiger charge is 2.11. The van der Waals surface area contributed by atoms with E-state index >= 15 is 0 Å². The van der Waals surface area contributed by atoms with Crippen LogP contribution in [0.5, 0.6) is 5.75 Å². The highest BCUT2D eigenvalue weighted by Crippen LogP contribution is 2.24. The standard InChI is InChI=1S/C18H25NOS/c1-13-7-6-8-16(9-13)20-12-15-10-17(21-14(15)2)11-19-18(3,4)5/h6-10,19H,11-12H2,1-5H3. The zero-order valence-electron chi connectivity index (χ0n) is 13.6. The van der Waals surface area contributed by atoms with Crippen molar-refractivity contribution in [2.24, 2.45) is 0 Å². The molecule has 114 valence electrons. The summed E-state index contributed by atoms with van der Waals surface area (Å²) in [6.45, 7) is 12.4. The van der Waals surface area contributed by atoms with E-state index in [0.29, 0.717) is 6.61 Å². The normalized spacial score (nSPS) is 11.7. The third kappa shape index (κ3) is 5.18. The minimum absolute atomic E-state index is 0.149. The number of aryl methyl sites for hydroxylation is 2. The van der Waals surface area contributed by atoms with Crippen LogP contribution in [0.4, 0.5) is 0 Å². The van der Waals surface area contributed by atoms with Crippen molar-refractivity contribution in [1.29, 1.82) is 0 Å². The van der Waals surface area contributed by atoms with Crippen molar-refractivity contribution in [3.8, 4) is 5.75 Å². The molecule has 0 fully saturated rings. The molecule has 2 nitrogen and oxygen atoms in total. The quantitative estimate of drug-likeness (QED) is 0.854. The number of nitrogens with one attached hydrogen (secondary N) is 1. The largest absolute Gasteiger partial charge is 0.489 e. The number of benzene rings is 1. The highest BCUT2D eigenvalue weighted by molar-refractivity contribution is 7.12. The van der Waals surface area contributed by atoms with Crippen molar-refractivity contribution in [3.63, 3.8) is 0 Å². The summed E-state index contributed by atoms with van der Waals surface area (Å²) < 4.78 is 5.90. The Balaban J connectivity index is 1.96. The van der Waals surface area contributed by atoms with Crippen molar-refractivity contribution in [2.45, 2.75) is 53.3 Å². The second kappa shape index (κ2) is 6.63. The average Bonchev–Trinajstić information content (AvgIpc) is 2.74. The zero-order valence-corrected chi connectivity index (χ0v) is 14.4. The SMILES string of the molecule is Cc1cccc(OCc2cc(CNC(C)(C)C)sc2C)c1. The molecule has 0 radical (unpaired) electrons. The molecule has 3 heteroatoms. The van der Waals surface area contributed by atoms with Gasteiger partial charge in [0.1, 0.15) is 12.4 Å². The van der Waals surface area contributed by atoms with Gasteiger partial charge in [0.2, 0.25) is 0 Å². The first kappa shape index (κ1) is 16.1. The van der Waals surface area contributed by atoms with Crippen LogP contribution in [0.25, 0.3) is 0 Å². The smallest absolute Gasteiger partial charge is 0.120 e. The lowest BCUT2D eigenvalue weighted by molar-refractivity contribution is 0.306. The van der Waals surface area contributed by atoms with Crippen LogP contribution in [-0.2, 0) is 13.2 Å². The highest BCUT2D eigenvalue weighted by atomic mass is 32.1. The van der Waals surface area contributed by atoms with Crippen molar-refractivity contribution >= 4 is 11.3 Å². The molecule has 0 saturated carbocycles. The van der Waals surface area contributed by atoms with Gasteiger partial charge in [-0.25, -0.2) is 0 Å². The van der Waals surface area contributed by atoms with E-state index in [1.54, 1.807) is 0 Å². The van der Waals surface area contributed by atoms with Crippen LogP contribution in [-0.4, -0.2) is 5.54 Å². The first-order chi connectivity index (χ1) is 9.83. The molecule has 0 unspecified atom stereocenters. The van der Waals surface area contributed by atoms with E-state index in [1.165, 1.54) is 20.9 Å². The Morgan fingerprint density at radius 2 is 1.90 bits per heavy atom.